The van der Waals surface area contributed by atoms with Crippen LogP contribution in [-0.4, -0.2) is 25.9 Å². The summed E-state index contributed by atoms with van der Waals surface area (Å²) in [4.78, 5) is 0. The van der Waals surface area contributed by atoms with Gasteiger partial charge in [0.1, 0.15) is 6.61 Å². The van der Waals surface area contributed by atoms with E-state index in [2.05, 4.69) is 12.7 Å². The monoisotopic (exact) mass is 448 g/mol. The van der Waals surface area contributed by atoms with Gasteiger partial charge in [-0.3, -0.25) is 0 Å². The molecule has 0 bridgehead atoms. The first-order valence-corrected chi connectivity index (χ1v) is 10.6. The number of hydrogen-bond acceptors (Lipinski definition) is 3. The molecule has 1 unspecified atom stereocenters. The van der Waals surface area contributed by atoms with E-state index in [1.807, 2.05) is 6.08 Å². The summed E-state index contributed by atoms with van der Waals surface area (Å²) in [6.45, 7) is 5.90. The SMILES string of the molecule is C=CCCC1=CCC(COc2ccc3c(c2F)C(F)(F)c2c-3ccc(OCC)c2F)OC1. The van der Waals surface area contributed by atoms with Crippen molar-refractivity contribution in [1.82, 2.24) is 0 Å². The maximum Gasteiger partial charge on any atom is 0.305 e. The Kier molecular flexibility index (Phi) is 6.29. The molecule has 1 heterocycles. The zero-order valence-corrected chi connectivity index (χ0v) is 17.7. The van der Waals surface area contributed by atoms with Crippen molar-refractivity contribution in [2.75, 3.05) is 19.8 Å². The predicted octanol–water partition coefficient (Wildman–Crippen LogP) is 6.54. The summed E-state index contributed by atoms with van der Waals surface area (Å²) in [5.74, 6) is -6.83. The molecular formula is C25H24F4O3. The van der Waals surface area contributed by atoms with Crippen molar-refractivity contribution < 1.29 is 31.8 Å². The lowest BCUT2D eigenvalue weighted by molar-refractivity contribution is 0.0232. The van der Waals surface area contributed by atoms with E-state index in [4.69, 9.17) is 14.2 Å². The molecule has 3 nitrogen and oxygen atoms in total. The topological polar surface area (TPSA) is 27.7 Å². The van der Waals surface area contributed by atoms with Gasteiger partial charge in [0.15, 0.2) is 23.1 Å². The Morgan fingerprint density at radius 2 is 1.69 bits per heavy atom. The molecule has 0 fully saturated rings. The molecule has 0 amide bonds. The zero-order chi connectivity index (χ0) is 22.9. The summed E-state index contributed by atoms with van der Waals surface area (Å²) in [7, 11) is 0. The van der Waals surface area contributed by atoms with Gasteiger partial charge in [-0.1, -0.05) is 12.2 Å². The predicted molar refractivity (Wildman–Crippen MR) is 113 cm³/mol. The van der Waals surface area contributed by atoms with Crippen LogP contribution < -0.4 is 9.47 Å². The fourth-order valence-electron chi connectivity index (χ4n) is 4.09. The number of halogens is 4. The molecule has 0 radical (unpaired) electrons. The Morgan fingerprint density at radius 1 is 1.06 bits per heavy atom. The quantitative estimate of drug-likeness (QED) is 0.339. The molecule has 2 aliphatic rings. The number of hydrogen-bond donors (Lipinski definition) is 0. The maximum atomic E-state index is 15.2. The Balaban J connectivity index is 1.55. The van der Waals surface area contributed by atoms with Gasteiger partial charge in [0.2, 0.25) is 0 Å². The molecule has 2 aromatic rings. The van der Waals surface area contributed by atoms with Gasteiger partial charge in [-0.2, -0.15) is 8.78 Å². The van der Waals surface area contributed by atoms with Crippen LogP contribution in [0, 0.1) is 11.6 Å². The van der Waals surface area contributed by atoms with Gasteiger partial charge in [0.25, 0.3) is 0 Å². The highest BCUT2D eigenvalue weighted by Gasteiger charge is 2.50. The minimum Gasteiger partial charge on any atom is -0.491 e. The minimum atomic E-state index is -3.85. The van der Waals surface area contributed by atoms with E-state index in [-0.39, 0.29) is 41.9 Å². The second-order valence-electron chi connectivity index (χ2n) is 7.78. The van der Waals surface area contributed by atoms with Crippen molar-refractivity contribution in [2.45, 2.75) is 38.2 Å². The Bertz CT molecular complexity index is 1060. The smallest absolute Gasteiger partial charge is 0.305 e. The van der Waals surface area contributed by atoms with Gasteiger partial charge in [0.05, 0.1) is 30.4 Å². The van der Waals surface area contributed by atoms with Gasteiger partial charge in [-0.25, -0.2) is 8.78 Å². The average Bonchev–Trinajstić information content (AvgIpc) is 3.02. The molecule has 32 heavy (non-hydrogen) atoms. The molecular weight excluding hydrogens is 424 g/mol. The van der Waals surface area contributed by atoms with Crippen LogP contribution in [0.5, 0.6) is 11.5 Å². The molecule has 2 aromatic carbocycles. The van der Waals surface area contributed by atoms with Crippen LogP contribution in [0.15, 0.2) is 48.6 Å². The summed E-state index contributed by atoms with van der Waals surface area (Å²) in [5.41, 5.74) is -0.698. The van der Waals surface area contributed by atoms with Crippen molar-refractivity contribution >= 4 is 0 Å². The van der Waals surface area contributed by atoms with Crippen molar-refractivity contribution in [3.63, 3.8) is 0 Å². The molecule has 7 heteroatoms. The number of alkyl halides is 2. The Labute approximate surface area is 184 Å². The van der Waals surface area contributed by atoms with E-state index in [1.165, 1.54) is 24.3 Å². The van der Waals surface area contributed by atoms with E-state index in [0.717, 1.165) is 18.4 Å². The van der Waals surface area contributed by atoms with E-state index in [0.29, 0.717) is 13.0 Å². The third-order valence-corrected chi connectivity index (χ3v) is 5.70. The van der Waals surface area contributed by atoms with E-state index >= 15 is 13.2 Å². The normalized spacial score (nSPS) is 18.5. The van der Waals surface area contributed by atoms with Crippen molar-refractivity contribution in [2.24, 2.45) is 0 Å². The van der Waals surface area contributed by atoms with Gasteiger partial charge in [-0.15, -0.1) is 6.58 Å². The number of fused-ring (bicyclic) bond motifs is 3. The molecule has 0 saturated carbocycles. The molecule has 4 rings (SSSR count). The first kappa shape index (κ1) is 22.4. The van der Waals surface area contributed by atoms with Gasteiger partial charge in [-0.05, 0) is 67.2 Å². The highest BCUT2D eigenvalue weighted by Crippen LogP contribution is 2.55. The largest absolute Gasteiger partial charge is 0.491 e. The van der Waals surface area contributed by atoms with Crippen molar-refractivity contribution in [1.29, 1.82) is 0 Å². The van der Waals surface area contributed by atoms with E-state index in [9.17, 15) is 4.39 Å². The van der Waals surface area contributed by atoms with Crippen LogP contribution in [0.25, 0.3) is 11.1 Å². The lowest BCUT2D eigenvalue weighted by atomic mass is 10.0. The van der Waals surface area contributed by atoms with Crippen LogP contribution in [0.2, 0.25) is 0 Å². The second kappa shape index (κ2) is 8.98. The molecule has 0 N–H and O–H groups in total. The van der Waals surface area contributed by atoms with Crippen molar-refractivity contribution in [3.8, 4) is 22.6 Å². The van der Waals surface area contributed by atoms with E-state index in [1.54, 1.807) is 6.92 Å². The number of benzene rings is 2. The average molecular weight is 448 g/mol. The lowest BCUT2D eigenvalue weighted by Crippen LogP contribution is -2.26. The molecule has 1 aliphatic carbocycles. The van der Waals surface area contributed by atoms with Crippen molar-refractivity contribution in [3.05, 3.63) is 71.3 Å². The Morgan fingerprint density at radius 3 is 2.22 bits per heavy atom. The summed E-state index contributed by atoms with van der Waals surface area (Å²) >= 11 is 0. The number of rotatable bonds is 8. The third-order valence-electron chi connectivity index (χ3n) is 5.70. The molecule has 170 valence electrons. The fraction of sp³-hybridized carbons (Fsp3) is 0.360. The Hall–Kier alpha value is -2.80. The van der Waals surface area contributed by atoms with Crippen LogP contribution in [0.1, 0.15) is 37.3 Å². The van der Waals surface area contributed by atoms with Crippen LogP contribution in [-0.2, 0) is 10.7 Å². The second-order valence-corrected chi connectivity index (χ2v) is 7.78. The highest BCUT2D eigenvalue weighted by molar-refractivity contribution is 5.81. The molecule has 1 aliphatic heterocycles. The summed E-state index contributed by atoms with van der Waals surface area (Å²) in [6, 6.07) is 5.24. The van der Waals surface area contributed by atoms with Crippen LogP contribution in [0.4, 0.5) is 17.6 Å². The molecule has 1 atom stereocenters. The van der Waals surface area contributed by atoms with Crippen LogP contribution >= 0.6 is 0 Å². The molecule has 0 spiro atoms. The van der Waals surface area contributed by atoms with Gasteiger partial charge >= 0.3 is 5.92 Å². The summed E-state index contributed by atoms with van der Waals surface area (Å²) in [5, 5.41) is 0. The zero-order valence-electron chi connectivity index (χ0n) is 17.7. The van der Waals surface area contributed by atoms with E-state index < -0.39 is 28.7 Å². The molecule has 0 saturated heterocycles. The molecule has 0 aromatic heterocycles. The lowest BCUT2D eigenvalue weighted by Gasteiger charge is -2.23. The maximum absolute atomic E-state index is 15.2. The van der Waals surface area contributed by atoms with Gasteiger partial charge in [0, 0.05) is 0 Å². The number of ether oxygens (including phenoxy) is 3. The number of allylic oxidation sites excluding steroid dienone is 1. The first-order valence-electron chi connectivity index (χ1n) is 10.6. The highest BCUT2D eigenvalue weighted by atomic mass is 19.3. The third kappa shape index (κ3) is 3.90. The summed E-state index contributed by atoms with van der Waals surface area (Å²) in [6.07, 6.45) is 5.91. The minimum absolute atomic E-state index is 0.0162. The first-order chi connectivity index (χ1) is 15.4. The standard InChI is InChI=1S/C25H24F4O3/c1-3-5-6-15-7-8-16(31-13-15)14-32-20-12-10-18-17-9-11-19(30-4-2)23(26)21(17)25(28,29)22(18)24(20)27/h3,7,9-12,16H,1,4-6,8,13-14H2,2H3. The fourth-order valence-corrected chi connectivity index (χ4v) is 4.09. The summed E-state index contributed by atoms with van der Waals surface area (Å²) < 4.78 is 76.6. The van der Waals surface area contributed by atoms with Gasteiger partial charge < -0.3 is 14.2 Å². The van der Waals surface area contributed by atoms with Crippen LogP contribution in [0.3, 0.4) is 0 Å².